The van der Waals surface area contributed by atoms with Gasteiger partial charge in [0.15, 0.2) is 0 Å². The monoisotopic (exact) mass is 296 g/mol. The number of pyridine rings is 1. The summed E-state index contributed by atoms with van der Waals surface area (Å²) in [4.78, 5) is 3.91. The molecule has 0 fully saturated rings. The minimum absolute atomic E-state index is 0.159. The summed E-state index contributed by atoms with van der Waals surface area (Å²) < 4.78 is 39.7. The lowest BCUT2D eigenvalue weighted by Gasteiger charge is -2.18. The van der Waals surface area contributed by atoms with Crippen LogP contribution in [0.15, 0.2) is 12.1 Å². The van der Waals surface area contributed by atoms with Crippen molar-refractivity contribution in [3.05, 3.63) is 34.5 Å². The molecule has 0 aliphatic rings. The Morgan fingerprint density at radius 2 is 1.76 bits per heavy atom. The first-order valence-corrected chi connectivity index (χ1v) is 6.99. The number of halogens is 3. The molecule has 0 spiro atoms. The highest BCUT2D eigenvalue weighted by Crippen LogP contribution is 2.38. The number of rotatable bonds is 3. The molecule has 2 nitrogen and oxygen atoms in total. The van der Waals surface area contributed by atoms with Crippen LogP contribution in [-0.2, 0) is 6.18 Å². The third-order valence-corrected chi connectivity index (χ3v) is 3.75. The lowest BCUT2D eigenvalue weighted by molar-refractivity contribution is -0.141. The first-order valence-electron chi connectivity index (χ1n) is 6.99. The van der Waals surface area contributed by atoms with Crippen LogP contribution in [0.3, 0.4) is 0 Å². The van der Waals surface area contributed by atoms with Crippen molar-refractivity contribution >= 4 is 16.6 Å². The van der Waals surface area contributed by atoms with Gasteiger partial charge in [0.05, 0.1) is 5.52 Å². The second-order valence-corrected chi connectivity index (χ2v) is 5.29. The molecule has 0 saturated carbocycles. The van der Waals surface area contributed by atoms with Crippen molar-refractivity contribution in [2.24, 2.45) is 0 Å². The van der Waals surface area contributed by atoms with Crippen LogP contribution < -0.4 is 5.32 Å². The summed E-state index contributed by atoms with van der Waals surface area (Å²) in [7, 11) is 0. The van der Waals surface area contributed by atoms with Gasteiger partial charge >= 0.3 is 6.18 Å². The van der Waals surface area contributed by atoms with Crippen molar-refractivity contribution in [2.45, 2.75) is 40.3 Å². The molecule has 0 radical (unpaired) electrons. The average molecular weight is 296 g/mol. The fourth-order valence-corrected chi connectivity index (χ4v) is 2.42. The summed E-state index contributed by atoms with van der Waals surface area (Å²) in [6.07, 6.45) is -3.60. The van der Waals surface area contributed by atoms with Gasteiger partial charge in [-0.15, -0.1) is 0 Å². The van der Waals surface area contributed by atoms with Crippen molar-refractivity contribution in [3.8, 4) is 0 Å². The predicted octanol–water partition coefficient (Wildman–Crippen LogP) is 5.00. The van der Waals surface area contributed by atoms with E-state index in [0.29, 0.717) is 17.7 Å². The van der Waals surface area contributed by atoms with Crippen molar-refractivity contribution in [2.75, 3.05) is 11.9 Å². The zero-order valence-corrected chi connectivity index (χ0v) is 12.7. The molecule has 0 atom stereocenters. The SMILES string of the molecule is CCCNc1c(C)c(C(F)(F)F)nc2c(C)c(C)ccc12. The molecule has 21 heavy (non-hydrogen) atoms. The second-order valence-electron chi connectivity index (χ2n) is 5.29. The fourth-order valence-electron chi connectivity index (χ4n) is 2.42. The number of hydrogen-bond acceptors (Lipinski definition) is 2. The Kier molecular flexibility index (Phi) is 4.12. The van der Waals surface area contributed by atoms with Gasteiger partial charge in [-0.3, -0.25) is 0 Å². The van der Waals surface area contributed by atoms with Gasteiger partial charge < -0.3 is 5.32 Å². The van der Waals surface area contributed by atoms with Gasteiger partial charge in [0.1, 0.15) is 5.69 Å². The first-order chi connectivity index (χ1) is 9.77. The van der Waals surface area contributed by atoms with E-state index in [2.05, 4.69) is 10.3 Å². The molecule has 0 aliphatic heterocycles. The largest absolute Gasteiger partial charge is 0.433 e. The van der Waals surface area contributed by atoms with Gasteiger partial charge in [0, 0.05) is 23.2 Å². The average Bonchev–Trinajstić information content (AvgIpc) is 2.40. The zero-order chi connectivity index (χ0) is 15.8. The van der Waals surface area contributed by atoms with E-state index in [1.54, 1.807) is 0 Å². The highest BCUT2D eigenvalue weighted by molar-refractivity contribution is 5.95. The van der Waals surface area contributed by atoms with Crippen LogP contribution in [0, 0.1) is 20.8 Å². The summed E-state index contributed by atoms with van der Waals surface area (Å²) in [5.74, 6) is 0. The zero-order valence-electron chi connectivity index (χ0n) is 12.7. The van der Waals surface area contributed by atoms with Crippen LogP contribution >= 0.6 is 0 Å². The number of anilines is 1. The van der Waals surface area contributed by atoms with Gasteiger partial charge in [-0.1, -0.05) is 19.1 Å². The first kappa shape index (κ1) is 15.6. The van der Waals surface area contributed by atoms with E-state index in [1.165, 1.54) is 6.92 Å². The highest BCUT2D eigenvalue weighted by Gasteiger charge is 2.36. The highest BCUT2D eigenvalue weighted by atomic mass is 19.4. The molecule has 0 aliphatic carbocycles. The Morgan fingerprint density at radius 3 is 2.33 bits per heavy atom. The van der Waals surface area contributed by atoms with E-state index in [9.17, 15) is 13.2 Å². The summed E-state index contributed by atoms with van der Waals surface area (Å²) in [6.45, 7) is 7.77. The van der Waals surface area contributed by atoms with Crippen LogP contribution in [0.5, 0.6) is 0 Å². The third-order valence-electron chi connectivity index (χ3n) is 3.75. The van der Waals surface area contributed by atoms with E-state index in [4.69, 9.17) is 0 Å². The molecule has 1 N–H and O–H groups in total. The van der Waals surface area contributed by atoms with Crippen LogP contribution in [-0.4, -0.2) is 11.5 Å². The Morgan fingerprint density at radius 1 is 1.10 bits per heavy atom. The van der Waals surface area contributed by atoms with E-state index < -0.39 is 11.9 Å². The Labute approximate surface area is 122 Å². The van der Waals surface area contributed by atoms with Gasteiger partial charge in [-0.2, -0.15) is 13.2 Å². The molecule has 1 heterocycles. The topological polar surface area (TPSA) is 24.9 Å². The summed E-state index contributed by atoms with van der Waals surface area (Å²) in [5.41, 5.74) is 2.05. The standard InChI is InChI=1S/C16H19F3N2/c1-5-8-20-13-11(4)15(16(17,18)19)21-14-10(3)9(2)6-7-12(13)14/h6-7H,5,8H2,1-4H3,(H,20,21). The molecule has 114 valence electrons. The molecule has 1 aromatic heterocycles. The van der Waals surface area contributed by atoms with Gasteiger partial charge in [-0.05, 0) is 38.3 Å². The maximum absolute atomic E-state index is 13.2. The molecular weight excluding hydrogens is 277 g/mol. The lowest BCUT2D eigenvalue weighted by atomic mass is 10.0. The van der Waals surface area contributed by atoms with E-state index in [0.717, 1.165) is 22.9 Å². The Hall–Kier alpha value is -1.78. The number of nitrogens with one attached hydrogen (secondary N) is 1. The molecular formula is C16H19F3N2. The molecule has 2 rings (SSSR count). The Bertz CT molecular complexity index is 676. The molecule has 0 amide bonds. The van der Waals surface area contributed by atoms with Crippen molar-refractivity contribution in [3.63, 3.8) is 0 Å². The van der Waals surface area contributed by atoms with Crippen LogP contribution in [0.1, 0.15) is 35.7 Å². The maximum Gasteiger partial charge on any atom is 0.433 e. The van der Waals surface area contributed by atoms with Gasteiger partial charge in [0.2, 0.25) is 0 Å². The normalized spacial score (nSPS) is 12.0. The van der Waals surface area contributed by atoms with Crippen molar-refractivity contribution < 1.29 is 13.2 Å². The summed E-state index contributed by atoms with van der Waals surface area (Å²) >= 11 is 0. The number of benzene rings is 1. The number of hydrogen-bond donors (Lipinski definition) is 1. The van der Waals surface area contributed by atoms with Crippen LogP contribution in [0.25, 0.3) is 10.9 Å². The molecule has 5 heteroatoms. The number of alkyl halides is 3. The number of aromatic nitrogens is 1. The molecule has 0 saturated heterocycles. The van der Waals surface area contributed by atoms with Crippen LogP contribution in [0.4, 0.5) is 18.9 Å². The van der Waals surface area contributed by atoms with Gasteiger partial charge in [-0.25, -0.2) is 4.98 Å². The summed E-state index contributed by atoms with van der Waals surface area (Å²) in [5, 5.41) is 3.87. The van der Waals surface area contributed by atoms with E-state index >= 15 is 0 Å². The summed E-state index contributed by atoms with van der Waals surface area (Å²) in [6, 6.07) is 3.76. The minimum Gasteiger partial charge on any atom is -0.384 e. The molecule has 1 aromatic carbocycles. The fraction of sp³-hybridized carbons (Fsp3) is 0.438. The second kappa shape index (κ2) is 5.54. The van der Waals surface area contributed by atoms with Gasteiger partial charge in [0.25, 0.3) is 0 Å². The minimum atomic E-state index is -4.45. The molecule has 2 aromatic rings. The Balaban J connectivity index is 2.83. The molecule has 0 unspecified atom stereocenters. The quantitative estimate of drug-likeness (QED) is 0.862. The van der Waals surface area contributed by atoms with E-state index in [1.807, 2.05) is 32.9 Å². The lowest BCUT2D eigenvalue weighted by Crippen LogP contribution is -2.14. The predicted molar refractivity (Wildman–Crippen MR) is 79.7 cm³/mol. The van der Waals surface area contributed by atoms with Crippen molar-refractivity contribution in [1.29, 1.82) is 0 Å². The van der Waals surface area contributed by atoms with Crippen LogP contribution in [0.2, 0.25) is 0 Å². The maximum atomic E-state index is 13.2. The third kappa shape index (κ3) is 2.82. The smallest absolute Gasteiger partial charge is 0.384 e. The molecule has 0 bridgehead atoms. The van der Waals surface area contributed by atoms with Crippen molar-refractivity contribution in [1.82, 2.24) is 4.98 Å². The number of nitrogens with zero attached hydrogens (tertiary/aromatic N) is 1. The number of fused-ring (bicyclic) bond motifs is 1. The number of aryl methyl sites for hydroxylation is 2. The van der Waals surface area contributed by atoms with E-state index in [-0.39, 0.29) is 5.56 Å².